The number of hydrogen-bond acceptors (Lipinski definition) is 4. The largest absolute Gasteiger partial charge is 0.476 e. The molecule has 0 aromatic carbocycles. The molecule has 0 fully saturated rings. The highest BCUT2D eigenvalue weighted by molar-refractivity contribution is 5.86. The fourth-order valence-electron chi connectivity index (χ4n) is 1.96. The molecule has 0 bridgehead atoms. The van der Waals surface area contributed by atoms with Crippen LogP contribution in [0.25, 0.3) is 0 Å². The average Bonchev–Trinajstić information content (AvgIpc) is 2.72. The van der Waals surface area contributed by atoms with Gasteiger partial charge < -0.3 is 10.0 Å². The van der Waals surface area contributed by atoms with Gasteiger partial charge >= 0.3 is 5.97 Å². The molecule has 1 amide bonds. The monoisotopic (exact) mass is 282 g/mol. The lowest BCUT2D eigenvalue weighted by Gasteiger charge is -2.20. The van der Waals surface area contributed by atoms with E-state index in [0.717, 1.165) is 0 Å². The first-order chi connectivity index (χ1) is 9.14. The van der Waals surface area contributed by atoms with E-state index in [9.17, 15) is 9.59 Å². The molecule has 7 nitrogen and oxygen atoms in total. The Bertz CT molecular complexity index is 500. The van der Waals surface area contributed by atoms with Crippen LogP contribution >= 0.6 is 0 Å². The molecule has 1 aromatic heterocycles. The second kappa shape index (κ2) is 6.02. The molecule has 0 aliphatic heterocycles. The molecule has 0 radical (unpaired) electrons. The van der Waals surface area contributed by atoms with Crippen LogP contribution in [0.15, 0.2) is 0 Å². The molecule has 1 N–H and O–H groups in total. The van der Waals surface area contributed by atoms with Crippen molar-refractivity contribution in [1.29, 1.82) is 0 Å². The number of aromatic carboxylic acids is 1. The Hall–Kier alpha value is -1.92. The Kier molecular flexibility index (Phi) is 4.86. The number of amides is 1. The zero-order chi connectivity index (χ0) is 15.5. The summed E-state index contributed by atoms with van der Waals surface area (Å²) in [7, 11) is 3.42. The molecule has 0 saturated heterocycles. The van der Waals surface area contributed by atoms with Crippen molar-refractivity contribution in [2.45, 2.75) is 45.6 Å². The number of hydrogen-bond donors (Lipinski definition) is 1. The summed E-state index contributed by atoms with van der Waals surface area (Å²) in [5.74, 6) is -1.04. The molecule has 7 heteroatoms. The van der Waals surface area contributed by atoms with Gasteiger partial charge in [0, 0.05) is 32.5 Å². The molecule has 0 spiro atoms. The number of nitrogens with zero attached hydrogens (tertiary/aromatic N) is 4. The summed E-state index contributed by atoms with van der Waals surface area (Å²) in [6.45, 7) is 6.23. The number of aryl methyl sites for hydroxylation is 1. The van der Waals surface area contributed by atoms with Crippen molar-refractivity contribution in [2.24, 2.45) is 0 Å². The summed E-state index contributed by atoms with van der Waals surface area (Å²) in [6.07, 6.45) is 1.00. The topological polar surface area (TPSA) is 88.3 Å². The van der Waals surface area contributed by atoms with Crippen LogP contribution < -0.4 is 0 Å². The molecule has 1 rings (SSSR count). The van der Waals surface area contributed by atoms with Crippen LogP contribution in [0.5, 0.6) is 0 Å². The summed E-state index contributed by atoms with van der Waals surface area (Å²) in [6, 6.07) is 0. The molecule has 112 valence electrons. The van der Waals surface area contributed by atoms with Crippen LogP contribution in [-0.2, 0) is 16.8 Å². The Labute approximate surface area is 118 Å². The number of aromatic nitrogens is 3. The smallest absolute Gasteiger partial charge is 0.358 e. The first-order valence-electron chi connectivity index (χ1n) is 6.52. The molecule has 0 aliphatic carbocycles. The van der Waals surface area contributed by atoms with E-state index < -0.39 is 5.97 Å². The van der Waals surface area contributed by atoms with Gasteiger partial charge in [0.25, 0.3) is 0 Å². The summed E-state index contributed by atoms with van der Waals surface area (Å²) in [5, 5.41) is 16.8. The minimum atomic E-state index is -1.08. The maximum Gasteiger partial charge on any atom is 0.358 e. The van der Waals surface area contributed by atoms with Crippen LogP contribution in [0.3, 0.4) is 0 Å². The van der Waals surface area contributed by atoms with Gasteiger partial charge in [-0.1, -0.05) is 26.0 Å². The van der Waals surface area contributed by atoms with Crippen molar-refractivity contribution in [3.63, 3.8) is 0 Å². The van der Waals surface area contributed by atoms with Crippen molar-refractivity contribution < 1.29 is 14.7 Å². The van der Waals surface area contributed by atoms with Crippen molar-refractivity contribution in [1.82, 2.24) is 19.9 Å². The van der Waals surface area contributed by atoms with Crippen molar-refractivity contribution >= 4 is 11.9 Å². The first kappa shape index (κ1) is 16.1. The van der Waals surface area contributed by atoms with Crippen LogP contribution in [0.2, 0.25) is 0 Å². The first-order valence-corrected chi connectivity index (χ1v) is 6.52. The molecule has 0 saturated carbocycles. The standard InChI is InChI=1S/C13H22N4O3/c1-13(2,3)11-10(12(19)20)14-15-17(11)8-6-7-9(18)16(4)5/h6-8H2,1-5H3,(H,19,20). The molecule has 20 heavy (non-hydrogen) atoms. The Balaban J connectivity index is 2.86. The van der Waals surface area contributed by atoms with Gasteiger partial charge in [0.2, 0.25) is 5.91 Å². The second-order valence-electron chi connectivity index (χ2n) is 5.96. The summed E-state index contributed by atoms with van der Waals surface area (Å²) in [5.41, 5.74) is 0.196. The number of carboxylic acid groups (broad SMARTS) is 1. The average molecular weight is 282 g/mol. The lowest BCUT2D eigenvalue weighted by Crippen LogP contribution is -2.24. The maximum atomic E-state index is 11.5. The van der Waals surface area contributed by atoms with Crippen LogP contribution in [0.1, 0.15) is 49.8 Å². The zero-order valence-electron chi connectivity index (χ0n) is 12.7. The van der Waals surface area contributed by atoms with Gasteiger partial charge in [0.15, 0.2) is 5.69 Å². The van der Waals surface area contributed by atoms with Crippen LogP contribution in [0.4, 0.5) is 0 Å². The van der Waals surface area contributed by atoms with E-state index in [4.69, 9.17) is 5.11 Å². The second-order valence-corrected chi connectivity index (χ2v) is 5.96. The fraction of sp³-hybridized carbons (Fsp3) is 0.692. The SMILES string of the molecule is CN(C)C(=O)CCCn1nnc(C(=O)O)c1C(C)(C)C. The number of carbonyl (C=O) groups is 2. The number of carbonyl (C=O) groups excluding carboxylic acids is 1. The molecule has 0 aliphatic rings. The van der Waals surface area contributed by atoms with E-state index in [2.05, 4.69) is 10.3 Å². The van der Waals surface area contributed by atoms with Gasteiger partial charge in [-0.25, -0.2) is 9.48 Å². The number of rotatable bonds is 5. The Morgan fingerprint density at radius 1 is 1.30 bits per heavy atom. The molecule has 1 aromatic rings. The molecule has 1 heterocycles. The Morgan fingerprint density at radius 2 is 1.90 bits per heavy atom. The summed E-state index contributed by atoms with van der Waals surface area (Å²) < 4.78 is 1.59. The highest BCUT2D eigenvalue weighted by Crippen LogP contribution is 2.24. The quantitative estimate of drug-likeness (QED) is 0.875. The Morgan fingerprint density at radius 3 is 2.35 bits per heavy atom. The third-order valence-electron chi connectivity index (χ3n) is 2.91. The lowest BCUT2D eigenvalue weighted by molar-refractivity contribution is -0.128. The molecular formula is C13H22N4O3. The van der Waals surface area contributed by atoms with E-state index >= 15 is 0 Å². The van der Waals surface area contributed by atoms with Gasteiger partial charge in [-0.15, -0.1) is 5.10 Å². The predicted molar refractivity (Wildman–Crippen MR) is 73.6 cm³/mol. The molecule has 0 atom stereocenters. The van der Waals surface area contributed by atoms with Crippen LogP contribution in [0, 0.1) is 0 Å². The third-order valence-corrected chi connectivity index (χ3v) is 2.91. The lowest BCUT2D eigenvalue weighted by atomic mass is 9.90. The third kappa shape index (κ3) is 3.79. The molecule has 0 unspecified atom stereocenters. The van der Waals surface area contributed by atoms with E-state index in [0.29, 0.717) is 25.1 Å². The van der Waals surface area contributed by atoms with Crippen molar-refractivity contribution in [3.05, 3.63) is 11.4 Å². The van der Waals surface area contributed by atoms with E-state index in [1.807, 2.05) is 20.8 Å². The summed E-state index contributed by atoms with van der Waals surface area (Å²) >= 11 is 0. The van der Waals surface area contributed by atoms with Crippen molar-refractivity contribution in [3.8, 4) is 0 Å². The maximum absolute atomic E-state index is 11.5. The highest BCUT2D eigenvalue weighted by Gasteiger charge is 2.28. The van der Waals surface area contributed by atoms with Crippen molar-refractivity contribution in [2.75, 3.05) is 14.1 Å². The van der Waals surface area contributed by atoms with E-state index in [-0.39, 0.29) is 17.0 Å². The summed E-state index contributed by atoms with van der Waals surface area (Å²) in [4.78, 5) is 24.2. The van der Waals surface area contributed by atoms with Gasteiger partial charge in [0.1, 0.15) is 0 Å². The predicted octanol–water partition coefficient (Wildman–Crippen LogP) is 1.14. The normalized spacial score (nSPS) is 11.4. The highest BCUT2D eigenvalue weighted by atomic mass is 16.4. The minimum absolute atomic E-state index is 0.0172. The number of carboxylic acids is 1. The van der Waals surface area contributed by atoms with E-state index in [1.165, 1.54) is 4.90 Å². The van der Waals surface area contributed by atoms with Gasteiger partial charge in [0.05, 0.1) is 5.69 Å². The van der Waals surface area contributed by atoms with Gasteiger partial charge in [-0.05, 0) is 6.42 Å². The van der Waals surface area contributed by atoms with Gasteiger partial charge in [-0.3, -0.25) is 4.79 Å². The zero-order valence-corrected chi connectivity index (χ0v) is 12.7. The minimum Gasteiger partial charge on any atom is -0.476 e. The van der Waals surface area contributed by atoms with Crippen LogP contribution in [-0.4, -0.2) is 51.0 Å². The fourth-order valence-corrected chi connectivity index (χ4v) is 1.96. The molecular weight excluding hydrogens is 260 g/mol. The van der Waals surface area contributed by atoms with E-state index in [1.54, 1.807) is 18.8 Å². The van der Waals surface area contributed by atoms with Gasteiger partial charge in [-0.2, -0.15) is 0 Å².